The van der Waals surface area contributed by atoms with Gasteiger partial charge in [-0.3, -0.25) is 0 Å². The first kappa shape index (κ1) is 110. The van der Waals surface area contributed by atoms with Crippen molar-refractivity contribution in [2.45, 2.75) is 141 Å². The Morgan fingerprint density at radius 2 is 0.269 bits per heavy atom. The zero-order chi connectivity index (χ0) is 13.5. The number of hydrogen-bond donors (Lipinski definition) is 3. The van der Waals surface area contributed by atoms with Crippen LogP contribution in [0.2, 0.25) is 58.9 Å². The van der Waals surface area contributed by atoms with E-state index < -0.39 is 25.0 Å². The molecule has 0 atom stereocenters. The molecule has 0 radical (unpaired) electrons. The van der Waals surface area contributed by atoms with Crippen molar-refractivity contribution in [1.82, 2.24) is 0 Å². The Hall–Kier alpha value is 0.531. The van der Waals surface area contributed by atoms with E-state index in [9.17, 15) is 0 Å². The molecule has 26 heavy (non-hydrogen) atoms. The number of rotatable bonds is 0. The lowest BCUT2D eigenvalue weighted by molar-refractivity contribution is 0.559. The van der Waals surface area contributed by atoms with Crippen molar-refractivity contribution in [2.75, 3.05) is 0 Å². The molecule has 0 amide bonds. The third kappa shape index (κ3) is 48200. The summed E-state index contributed by atoms with van der Waals surface area (Å²) in [4.78, 5) is 26.0. The first-order valence-electron chi connectivity index (χ1n) is 5.17. The van der Waals surface area contributed by atoms with E-state index in [-0.39, 0.29) is 81.7 Å². The normalized spacial score (nSPS) is 6.92. The molecule has 184 valence electrons. The van der Waals surface area contributed by atoms with E-state index in [1.54, 1.807) is 0 Å². The third-order valence-corrected chi connectivity index (χ3v) is 0. The van der Waals surface area contributed by atoms with Crippen molar-refractivity contribution >= 4 is 25.0 Å². The summed E-state index contributed by atoms with van der Waals surface area (Å²) < 4.78 is 0. The molecule has 6 heteroatoms. The van der Waals surface area contributed by atoms with Crippen molar-refractivity contribution in [1.29, 1.82) is 0 Å². The topological polar surface area (TPSA) is 60.7 Å². The van der Waals surface area contributed by atoms with Gasteiger partial charge in [-0.25, -0.2) is 0 Å². The molecular formula is C20H74O3Si3. The third-order valence-electron chi connectivity index (χ3n) is 0. The summed E-state index contributed by atoms with van der Waals surface area (Å²) in [5, 5.41) is 0. The van der Waals surface area contributed by atoms with Crippen LogP contribution in [0, 0.1) is 0 Å². The Balaban J connectivity index is -0.00000000571. The smallest absolute Gasteiger partial charge is 0.179 e. The summed E-state index contributed by atoms with van der Waals surface area (Å²) in [7, 11) is -4.83. The maximum atomic E-state index is 8.66. The highest BCUT2D eigenvalue weighted by atomic mass is 28.4. The van der Waals surface area contributed by atoms with Crippen LogP contribution >= 0.6 is 0 Å². The van der Waals surface area contributed by atoms with E-state index in [2.05, 4.69) is 0 Å². The van der Waals surface area contributed by atoms with Crippen LogP contribution in [0.15, 0.2) is 0 Å². The Labute approximate surface area is 180 Å². The Morgan fingerprint density at radius 1 is 0.269 bits per heavy atom. The summed E-state index contributed by atoms with van der Waals surface area (Å²) in [6, 6.07) is 0. The van der Waals surface area contributed by atoms with E-state index in [1.807, 2.05) is 58.9 Å². The fourth-order valence-corrected chi connectivity index (χ4v) is 0. The predicted molar refractivity (Wildman–Crippen MR) is 151 cm³/mol. The van der Waals surface area contributed by atoms with Crippen molar-refractivity contribution in [3.8, 4) is 0 Å². The van der Waals surface area contributed by atoms with Gasteiger partial charge in [0.25, 0.3) is 0 Å². The van der Waals surface area contributed by atoms with Crippen molar-refractivity contribution in [3.05, 3.63) is 0 Å². The fourth-order valence-electron chi connectivity index (χ4n) is 0. The molecule has 0 fully saturated rings. The lowest BCUT2D eigenvalue weighted by Gasteiger charge is -2.00. The molecule has 0 unspecified atom stereocenters. The number of hydrogen-bond acceptors (Lipinski definition) is 3. The molecule has 0 spiro atoms. The van der Waals surface area contributed by atoms with Gasteiger partial charge in [0.05, 0.1) is 0 Å². The van der Waals surface area contributed by atoms with E-state index in [0.717, 1.165) is 0 Å². The lowest BCUT2D eigenvalue weighted by atomic mass is 11.8. The molecule has 0 rings (SSSR count). The molecule has 0 saturated carbocycles. The Morgan fingerprint density at radius 3 is 0.269 bits per heavy atom. The summed E-state index contributed by atoms with van der Waals surface area (Å²) in [6.07, 6.45) is 0. The average Bonchev–Trinajstić information content (AvgIpc) is 1.41. The molecule has 0 heterocycles. The quantitative estimate of drug-likeness (QED) is 0.324. The summed E-state index contributed by atoms with van der Waals surface area (Å²) in [6.45, 7) is 16.9. The lowest BCUT2D eigenvalue weighted by Crippen LogP contribution is -2.17. The molecule has 0 aliphatic rings. The van der Waals surface area contributed by atoms with Crippen molar-refractivity contribution in [3.63, 3.8) is 0 Å². The monoisotopic (exact) mass is 446 g/mol. The van der Waals surface area contributed by atoms with Gasteiger partial charge in [-0.15, -0.1) is 0 Å². The summed E-state index contributed by atoms with van der Waals surface area (Å²) >= 11 is 0. The van der Waals surface area contributed by atoms with Crippen LogP contribution in [-0.4, -0.2) is 39.3 Å². The first-order valence-corrected chi connectivity index (χ1v) is 15.5. The minimum atomic E-state index is -1.61. The Bertz CT molecular complexity index is 101. The van der Waals surface area contributed by atoms with Crippen LogP contribution in [0.5, 0.6) is 0 Å². The summed E-state index contributed by atoms with van der Waals surface area (Å²) in [5.41, 5.74) is 0. The van der Waals surface area contributed by atoms with Gasteiger partial charge in [0.15, 0.2) is 25.0 Å². The van der Waals surface area contributed by atoms with Gasteiger partial charge in [-0.05, 0) is 58.9 Å². The summed E-state index contributed by atoms with van der Waals surface area (Å²) in [5.74, 6) is 0. The van der Waals surface area contributed by atoms with Gasteiger partial charge >= 0.3 is 0 Å². The second-order valence-electron chi connectivity index (χ2n) is 6.51. The zero-order valence-corrected chi connectivity index (χ0v) is 14.8. The largest absolute Gasteiger partial charge is 0.433 e. The van der Waals surface area contributed by atoms with Gasteiger partial charge < -0.3 is 14.4 Å². The van der Waals surface area contributed by atoms with E-state index in [1.165, 1.54) is 0 Å². The van der Waals surface area contributed by atoms with Gasteiger partial charge in [-0.2, -0.15) is 0 Å². The van der Waals surface area contributed by atoms with E-state index in [0.29, 0.717) is 0 Å². The maximum Gasteiger partial charge on any atom is 0.179 e. The highest BCUT2D eigenvalue weighted by molar-refractivity contribution is 6.68. The molecule has 3 nitrogen and oxygen atoms in total. The van der Waals surface area contributed by atoms with Crippen LogP contribution in [0.3, 0.4) is 0 Å². The van der Waals surface area contributed by atoms with Crippen LogP contribution in [0.4, 0.5) is 0 Å². The van der Waals surface area contributed by atoms with E-state index in [4.69, 9.17) is 14.4 Å². The molecule has 0 aromatic carbocycles. The Kier molecular flexibility index (Phi) is 190. The van der Waals surface area contributed by atoms with Crippen LogP contribution in [0.25, 0.3) is 0 Å². The molecule has 0 aromatic heterocycles. The SMILES string of the molecule is C.C.C.C.C.C.C.C.C.C.C.C[Si](C)(C)O.C[Si](C)(C)O.C[Si](C)(C)O. The minimum Gasteiger partial charge on any atom is -0.433 e. The highest BCUT2D eigenvalue weighted by Gasteiger charge is 2.04. The first-order chi connectivity index (χ1) is 6.00. The molecule has 0 aliphatic carbocycles. The van der Waals surface area contributed by atoms with Gasteiger partial charge in [0, 0.05) is 0 Å². The van der Waals surface area contributed by atoms with E-state index >= 15 is 0 Å². The molecule has 0 saturated heterocycles. The van der Waals surface area contributed by atoms with Crippen LogP contribution < -0.4 is 0 Å². The fraction of sp³-hybridized carbons (Fsp3) is 1.00. The molecule has 3 N–H and O–H groups in total. The predicted octanol–water partition coefficient (Wildman–Crippen LogP) is 9.44. The second kappa shape index (κ2) is 44.7. The standard InChI is InChI=1S/3C3H10OSi.11CH4/c3*1-5(2,3)4;;;;;;;;;;;/h3*4H,1-3H3;11*1H4. The van der Waals surface area contributed by atoms with Crippen molar-refractivity contribution in [2.24, 2.45) is 0 Å². The molecular weight excluding hydrogens is 372 g/mol. The minimum absolute atomic E-state index is 0. The second-order valence-corrected chi connectivity index (χ2v) is 19.5. The average molecular weight is 447 g/mol. The molecule has 0 bridgehead atoms. The van der Waals surface area contributed by atoms with Crippen molar-refractivity contribution < 1.29 is 14.4 Å². The molecule has 0 aromatic rings. The van der Waals surface area contributed by atoms with Gasteiger partial charge in [0.2, 0.25) is 0 Å². The van der Waals surface area contributed by atoms with Crippen LogP contribution in [-0.2, 0) is 0 Å². The van der Waals surface area contributed by atoms with Gasteiger partial charge in [-0.1, -0.05) is 81.7 Å². The van der Waals surface area contributed by atoms with Gasteiger partial charge in [0.1, 0.15) is 0 Å². The molecule has 0 aliphatic heterocycles. The van der Waals surface area contributed by atoms with Crippen LogP contribution in [0.1, 0.15) is 81.7 Å². The maximum absolute atomic E-state index is 8.66. The zero-order valence-electron chi connectivity index (χ0n) is 11.8. The highest BCUT2D eigenvalue weighted by Crippen LogP contribution is 1.89.